The second-order valence-electron chi connectivity index (χ2n) is 3.90. The van der Waals surface area contributed by atoms with Crippen molar-refractivity contribution in [3.63, 3.8) is 0 Å². The number of urea groups is 1. The van der Waals surface area contributed by atoms with Crippen LogP contribution in [0.2, 0.25) is 0 Å². The lowest BCUT2D eigenvalue weighted by atomic mass is 10.3. The SMILES string of the molecule is O=C(NCC1CC1)Nc1ccc(F)cc1Br. The van der Waals surface area contributed by atoms with E-state index in [-0.39, 0.29) is 11.8 Å². The molecule has 2 rings (SSSR count). The fourth-order valence-electron chi connectivity index (χ4n) is 1.32. The summed E-state index contributed by atoms with van der Waals surface area (Å²) in [7, 11) is 0. The average molecular weight is 287 g/mol. The minimum atomic E-state index is -0.337. The van der Waals surface area contributed by atoms with Crippen LogP contribution in [0, 0.1) is 11.7 Å². The van der Waals surface area contributed by atoms with Gasteiger partial charge in [0.15, 0.2) is 0 Å². The summed E-state index contributed by atoms with van der Waals surface area (Å²) in [6, 6.07) is 3.90. The quantitative estimate of drug-likeness (QED) is 0.881. The van der Waals surface area contributed by atoms with E-state index in [1.165, 1.54) is 31.0 Å². The predicted octanol–water partition coefficient (Wildman–Crippen LogP) is 3.12. The van der Waals surface area contributed by atoms with Gasteiger partial charge in [0.25, 0.3) is 0 Å². The molecule has 0 aromatic heterocycles. The van der Waals surface area contributed by atoms with Crippen molar-refractivity contribution >= 4 is 27.6 Å². The molecule has 0 heterocycles. The maximum Gasteiger partial charge on any atom is 0.319 e. The monoisotopic (exact) mass is 286 g/mol. The standard InChI is InChI=1S/C11H12BrFN2O/c12-9-5-8(13)3-4-10(9)15-11(16)14-6-7-1-2-7/h3-5,7H,1-2,6H2,(H2,14,15,16). The van der Waals surface area contributed by atoms with Crippen molar-refractivity contribution in [3.8, 4) is 0 Å². The van der Waals surface area contributed by atoms with Crippen LogP contribution in [0.1, 0.15) is 12.8 Å². The second-order valence-corrected chi connectivity index (χ2v) is 4.76. The number of carbonyl (C=O) groups is 1. The van der Waals surface area contributed by atoms with Crippen LogP contribution in [0.15, 0.2) is 22.7 Å². The lowest BCUT2D eigenvalue weighted by Crippen LogP contribution is -2.30. The molecule has 0 atom stereocenters. The number of amides is 2. The molecule has 1 aromatic carbocycles. The number of nitrogens with one attached hydrogen (secondary N) is 2. The number of halogens is 2. The largest absolute Gasteiger partial charge is 0.338 e. The van der Waals surface area contributed by atoms with Gasteiger partial charge in [-0.25, -0.2) is 9.18 Å². The highest BCUT2D eigenvalue weighted by Crippen LogP contribution is 2.27. The Balaban J connectivity index is 1.89. The maximum atomic E-state index is 12.8. The van der Waals surface area contributed by atoms with E-state index in [4.69, 9.17) is 0 Å². The summed E-state index contributed by atoms with van der Waals surface area (Å²) >= 11 is 3.19. The zero-order valence-electron chi connectivity index (χ0n) is 8.59. The van der Waals surface area contributed by atoms with E-state index in [1.54, 1.807) is 0 Å². The molecule has 0 aliphatic heterocycles. The van der Waals surface area contributed by atoms with Gasteiger partial charge in [0, 0.05) is 11.0 Å². The number of hydrogen-bond donors (Lipinski definition) is 2. The highest BCUT2D eigenvalue weighted by molar-refractivity contribution is 9.10. The lowest BCUT2D eigenvalue weighted by Gasteiger charge is -2.08. The second kappa shape index (κ2) is 4.82. The normalized spacial score (nSPS) is 14.6. The fourth-order valence-corrected chi connectivity index (χ4v) is 1.77. The fraction of sp³-hybridized carbons (Fsp3) is 0.364. The third kappa shape index (κ3) is 3.20. The molecule has 2 N–H and O–H groups in total. The summed E-state index contributed by atoms with van der Waals surface area (Å²) in [6.45, 7) is 0.713. The Bertz CT molecular complexity index is 407. The molecule has 3 nitrogen and oxygen atoms in total. The molecule has 1 fully saturated rings. The number of anilines is 1. The van der Waals surface area contributed by atoms with Crippen LogP contribution in [0.5, 0.6) is 0 Å². The van der Waals surface area contributed by atoms with E-state index in [1.807, 2.05) is 0 Å². The summed E-state index contributed by atoms with van der Waals surface area (Å²) in [5, 5.41) is 5.43. The molecule has 0 unspecified atom stereocenters. The Morgan fingerprint density at radius 3 is 2.88 bits per heavy atom. The van der Waals surface area contributed by atoms with Crippen LogP contribution in [-0.2, 0) is 0 Å². The zero-order chi connectivity index (χ0) is 11.5. The van der Waals surface area contributed by atoms with Gasteiger partial charge in [0.05, 0.1) is 5.69 Å². The maximum absolute atomic E-state index is 12.8. The number of benzene rings is 1. The molecule has 2 amide bonds. The summed E-state index contributed by atoms with van der Waals surface area (Å²) < 4.78 is 13.3. The Morgan fingerprint density at radius 1 is 1.50 bits per heavy atom. The van der Waals surface area contributed by atoms with E-state index in [0.29, 0.717) is 22.6 Å². The summed E-state index contributed by atoms with van der Waals surface area (Å²) in [6.07, 6.45) is 2.39. The molecule has 5 heteroatoms. The molecule has 1 aliphatic carbocycles. The first-order chi connectivity index (χ1) is 7.65. The van der Waals surface area contributed by atoms with Crippen LogP contribution in [0.3, 0.4) is 0 Å². The molecule has 1 aromatic rings. The minimum Gasteiger partial charge on any atom is -0.338 e. The van der Waals surface area contributed by atoms with Gasteiger partial charge in [0.1, 0.15) is 5.82 Å². The van der Waals surface area contributed by atoms with Crippen LogP contribution in [-0.4, -0.2) is 12.6 Å². The van der Waals surface area contributed by atoms with E-state index in [0.717, 1.165) is 0 Å². The van der Waals surface area contributed by atoms with Crippen molar-refractivity contribution in [3.05, 3.63) is 28.5 Å². The third-order valence-electron chi connectivity index (χ3n) is 2.43. The molecular weight excluding hydrogens is 275 g/mol. The van der Waals surface area contributed by atoms with Gasteiger partial charge in [-0.05, 0) is 52.9 Å². The first kappa shape index (κ1) is 11.4. The van der Waals surface area contributed by atoms with Crippen LogP contribution in [0.25, 0.3) is 0 Å². The molecule has 0 spiro atoms. The van der Waals surface area contributed by atoms with Gasteiger partial charge in [-0.1, -0.05) is 0 Å². The van der Waals surface area contributed by atoms with E-state index >= 15 is 0 Å². The number of carbonyl (C=O) groups excluding carboxylic acids is 1. The summed E-state index contributed by atoms with van der Waals surface area (Å²) in [5.41, 5.74) is 0.565. The Kier molecular flexibility index (Phi) is 3.43. The van der Waals surface area contributed by atoms with Crippen molar-refractivity contribution in [2.75, 3.05) is 11.9 Å². The van der Waals surface area contributed by atoms with Crippen LogP contribution < -0.4 is 10.6 Å². The highest BCUT2D eigenvalue weighted by Gasteiger charge is 2.21. The van der Waals surface area contributed by atoms with Crippen molar-refractivity contribution in [2.24, 2.45) is 5.92 Å². The molecule has 16 heavy (non-hydrogen) atoms. The van der Waals surface area contributed by atoms with Gasteiger partial charge in [0.2, 0.25) is 0 Å². The van der Waals surface area contributed by atoms with Gasteiger partial charge >= 0.3 is 6.03 Å². The topological polar surface area (TPSA) is 41.1 Å². The van der Waals surface area contributed by atoms with Crippen molar-refractivity contribution in [1.29, 1.82) is 0 Å². The first-order valence-corrected chi connectivity index (χ1v) is 5.94. The van der Waals surface area contributed by atoms with Crippen molar-refractivity contribution < 1.29 is 9.18 Å². The van der Waals surface area contributed by atoms with Gasteiger partial charge < -0.3 is 10.6 Å². The average Bonchev–Trinajstić information content (AvgIpc) is 3.03. The lowest BCUT2D eigenvalue weighted by molar-refractivity contribution is 0.251. The highest BCUT2D eigenvalue weighted by atomic mass is 79.9. The Hall–Kier alpha value is -1.10. The molecule has 0 radical (unpaired) electrons. The number of hydrogen-bond acceptors (Lipinski definition) is 1. The summed E-state index contributed by atoms with van der Waals surface area (Å²) in [4.78, 5) is 11.4. The smallest absolute Gasteiger partial charge is 0.319 e. The van der Waals surface area contributed by atoms with Gasteiger partial charge in [-0.3, -0.25) is 0 Å². The van der Waals surface area contributed by atoms with Gasteiger partial charge in [-0.2, -0.15) is 0 Å². The van der Waals surface area contributed by atoms with Crippen LogP contribution >= 0.6 is 15.9 Å². The first-order valence-electron chi connectivity index (χ1n) is 5.15. The predicted molar refractivity (Wildman–Crippen MR) is 63.8 cm³/mol. The molecule has 1 saturated carbocycles. The summed E-state index contributed by atoms with van der Waals surface area (Å²) in [5.74, 6) is 0.304. The molecule has 0 saturated heterocycles. The van der Waals surface area contributed by atoms with Crippen LogP contribution in [0.4, 0.5) is 14.9 Å². The number of rotatable bonds is 3. The molecule has 1 aliphatic rings. The molecular formula is C11H12BrFN2O. The Morgan fingerprint density at radius 2 is 2.25 bits per heavy atom. The van der Waals surface area contributed by atoms with E-state index in [2.05, 4.69) is 26.6 Å². The Labute approximate surface area is 102 Å². The minimum absolute atomic E-state index is 0.251. The molecule has 0 bridgehead atoms. The third-order valence-corrected chi connectivity index (χ3v) is 3.08. The zero-order valence-corrected chi connectivity index (χ0v) is 10.2. The van der Waals surface area contributed by atoms with Crippen molar-refractivity contribution in [1.82, 2.24) is 5.32 Å². The van der Waals surface area contributed by atoms with Crippen molar-refractivity contribution in [2.45, 2.75) is 12.8 Å². The molecule has 86 valence electrons. The van der Waals surface area contributed by atoms with E-state index in [9.17, 15) is 9.18 Å². The van der Waals surface area contributed by atoms with Gasteiger partial charge in [-0.15, -0.1) is 0 Å². The van der Waals surface area contributed by atoms with E-state index < -0.39 is 0 Å².